The number of amides is 4. The van der Waals surface area contributed by atoms with E-state index in [4.69, 9.17) is 11.5 Å². The molecule has 0 spiro atoms. The van der Waals surface area contributed by atoms with Crippen LogP contribution in [0.15, 0.2) is 30.5 Å². The van der Waals surface area contributed by atoms with E-state index in [9.17, 15) is 29.1 Å². The van der Waals surface area contributed by atoms with Gasteiger partial charge in [-0.2, -0.15) is 0 Å². The molecule has 1 aromatic heterocycles. The van der Waals surface area contributed by atoms with Crippen LogP contribution in [0.5, 0.6) is 0 Å². The standard InChI is InChI=1S/C27H40N6O6/c1-5-15(4)23(26(37)31-20(27(38)39)10-11-21(29)34)33-25(36)22(14(2)3)32-24(35)18(28)12-16-13-30-19-9-7-6-8-17(16)19/h6-9,13-15,18,20,22-23,30H,5,10-12,28H2,1-4H3,(H2,29,34)(H,31,37)(H,32,35)(H,33,36)(H,38,39). The molecule has 0 aliphatic carbocycles. The Bertz CT molecular complexity index is 1180. The van der Waals surface area contributed by atoms with E-state index in [1.165, 1.54) is 0 Å². The number of hydrogen-bond donors (Lipinski definition) is 7. The summed E-state index contributed by atoms with van der Waals surface area (Å²) in [6.07, 6.45) is 2.15. The van der Waals surface area contributed by atoms with Gasteiger partial charge in [-0.1, -0.05) is 52.3 Å². The van der Waals surface area contributed by atoms with Crippen LogP contribution in [-0.2, 0) is 30.4 Å². The third-order valence-electron chi connectivity index (χ3n) is 6.79. The molecule has 0 radical (unpaired) electrons. The fourth-order valence-electron chi connectivity index (χ4n) is 4.18. The van der Waals surface area contributed by atoms with Gasteiger partial charge in [0.15, 0.2) is 0 Å². The van der Waals surface area contributed by atoms with Crippen molar-refractivity contribution in [2.75, 3.05) is 0 Å². The molecular formula is C27H40N6O6. The van der Waals surface area contributed by atoms with Gasteiger partial charge in [0, 0.05) is 23.5 Å². The fraction of sp³-hybridized carbons (Fsp3) is 0.519. The monoisotopic (exact) mass is 544 g/mol. The number of primary amides is 1. The smallest absolute Gasteiger partial charge is 0.326 e. The summed E-state index contributed by atoms with van der Waals surface area (Å²) in [7, 11) is 0. The van der Waals surface area contributed by atoms with E-state index < -0.39 is 53.8 Å². The molecule has 0 aliphatic rings. The highest BCUT2D eigenvalue weighted by molar-refractivity contribution is 5.94. The molecule has 5 unspecified atom stereocenters. The third-order valence-corrected chi connectivity index (χ3v) is 6.79. The molecule has 12 heteroatoms. The number of para-hydroxylation sites is 1. The predicted molar refractivity (Wildman–Crippen MR) is 146 cm³/mol. The molecule has 12 nitrogen and oxygen atoms in total. The number of H-pyrrole nitrogens is 1. The number of nitrogens with one attached hydrogen (secondary N) is 4. The van der Waals surface area contributed by atoms with Crippen LogP contribution < -0.4 is 27.4 Å². The number of carboxylic acids is 1. The summed E-state index contributed by atoms with van der Waals surface area (Å²) in [5, 5.41) is 18.2. The van der Waals surface area contributed by atoms with Crippen molar-refractivity contribution in [3.63, 3.8) is 0 Å². The highest BCUT2D eigenvalue weighted by atomic mass is 16.4. The maximum atomic E-state index is 13.3. The molecule has 2 aromatic rings. The molecule has 2 rings (SSSR count). The molecule has 214 valence electrons. The van der Waals surface area contributed by atoms with Gasteiger partial charge >= 0.3 is 5.97 Å². The molecule has 1 aromatic carbocycles. The lowest BCUT2D eigenvalue weighted by Gasteiger charge is -2.29. The quantitative estimate of drug-likeness (QED) is 0.169. The summed E-state index contributed by atoms with van der Waals surface area (Å²) < 4.78 is 0. The first-order valence-electron chi connectivity index (χ1n) is 13.1. The van der Waals surface area contributed by atoms with Crippen LogP contribution in [0, 0.1) is 11.8 Å². The number of aromatic nitrogens is 1. The van der Waals surface area contributed by atoms with Crippen LogP contribution in [0.25, 0.3) is 10.9 Å². The summed E-state index contributed by atoms with van der Waals surface area (Å²) in [5.74, 6) is -4.53. The van der Waals surface area contributed by atoms with E-state index >= 15 is 0 Å². The summed E-state index contributed by atoms with van der Waals surface area (Å²) >= 11 is 0. The molecule has 0 fully saturated rings. The Balaban J connectivity index is 2.11. The van der Waals surface area contributed by atoms with Crippen LogP contribution in [0.2, 0.25) is 0 Å². The molecule has 0 saturated heterocycles. The van der Waals surface area contributed by atoms with Gasteiger partial charge in [-0.25, -0.2) is 4.79 Å². The number of aliphatic carboxylic acids is 1. The minimum Gasteiger partial charge on any atom is -0.480 e. The van der Waals surface area contributed by atoms with E-state index in [1.54, 1.807) is 27.0 Å². The summed E-state index contributed by atoms with van der Waals surface area (Å²) in [6.45, 7) is 7.06. The van der Waals surface area contributed by atoms with Crippen LogP contribution in [-0.4, -0.2) is 63.9 Å². The molecule has 0 bridgehead atoms. The zero-order chi connectivity index (χ0) is 29.3. The van der Waals surface area contributed by atoms with Gasteiger partial charge in [-0.15, -0.1) is 0 Å². The Morgan fingerprint density at radius 1 is 0.949 bits per heavy atom. The summed E-state index contributed by atoms with van der Waals surface area (Å²) in [5.41, 5.74) is 13.1. The van der Waals surface area contributed by atoms with Gasteiger partial charge in [-0.3, -0.25) is 19.2 Å². The van der Waals surface area contributed by atoms with Gasteiger partial charge in [0.1, 0.15) is 18.1 Å². The number of carbonyl (C=O) groups excluding carboxylic acids is 4. The summed E-state index contributed by atoms with van der Waals surface area (Å²) in [6, 6.07) is 3.31. The molecule has 0 aliphatic heterocycles. The zero-order valence-corrected chi connectivity index (χ0v) is 22.8. The normalized spacial score (nSPS) is 15.1. The van der Waals surface area contributed by atoms with Gasteiger partial charge in [0.2, 0.25) is 23.6 Å². The highest BCUT2D eigenvalue weighted by Gasteiger charge is 2.34. The zero-order valence-electron chi connectivity index (χ0n) is 22.8. The average Bonchev–Trinajstić information content (AvgIpc) is 3.29. The Kier molecular flexibility index (Phi) is 11.5. The number of hydrogen-bond acceptors (Lipinski definition) is 6. The second-order valence-electron chi connectivity index (χ2n) is 10.2. The van der Waals surface area contributed by atoms with Crippen molar-refractivity contribution < 1.29 is 29.1 Å². The Morgan fingerprint density at radius 3 is 2.15 bits per heavy atom. The van der Waals surface area contributed by atoms with Gasteiger partial charge in [0.25, 0.3) is 0 Å². The number of fused-ring (bicyclic) bond motifs is 1. The maximum Gasteiger partial charge on any atom is 0.326 e. The van der Waals surface area contributed by atoms with E-state index in [0.717, 1.165) is 16.5 Å². The van der Waals surface area contributed by atoms with Crippen molar-refractivity contribution in [1.29, 1.82) is 0 Å². The second kappa shape index (κ2) is 14.3. The van der Waals surface area contributed by atoms with Gasteiger partial charge < -0.3 is 37.5 Å². The molecular weight excluding hydrogens is 504 g/mol. The molecule has 39 heavy (non-hydrogen) atoms. The number of benzene rings is 1. The first-order valence-corrected chi connectivity index (χ1v) is 13.1. The van der Waals surface area contributed by atoms with Crippen molar-refractivity contribution in [3.8, 4) is 0 Å². The SMILES string of the molecule is CCC(C)C(NC(=O)C(NC(=O)C(N)Cc1c[nH]c2ccccc12)C(C)C)C(=O)NC(CCC(N)=O)C(=O)O. The second-order valence-corrected chi connectivity index (χ2v) is 10.2. The van der Waals surface area contributed by atoms with Crippen LogP contribution in [0.1, 0.15) is 52.5 Å². The van der Waals surface area contributed by atoms with E-state index in [1.807, 2.05) is 31.2 Å². The lowest BCUT2D eigenvalue weighted by atomic mass is 9.95. The van der Waals surface area contributed by atoms with Gasteiger partial charge in [-0.05, 0) is 36.3 Å². The van der Waals surface area contributed by atoms with Gasteiger partial charge in [0.05, 0.1) is 6.04 Å². The van der Waals surface area contributed by atoms with Crippen molar-refractivity contribution in [3.05, 3.63) is 36.0 Å². The minimum atomic E-state index is -1.35. The van der Waals surface area contributed by atoms with E-state index in [2.05, 4.69) is 20.9 Å². The van der Waals surface area contributed by atoms with Crippen molar-refractivity contribution in [2.45, 2.75) is 77.5 Å². The highest BCUT2D eigenvalue weighted by Crippen LogP contribution is 2.19. The maximum absolute atomic E-state index is 13.3. The number of aromatic amines is 1. The van der Waals surface area contributed by atoms with Crippen LogP contribution in [0.3, 0.4) is 0 Å². The van der Waals surface area contributed by atoms with Crippen molar-refractivity contribution >= 4 is 40.5 Å². The molecule has 1 heterocycles. The molecule has 0 saturated carbocycles. The number of nitrogens with two attached hydrogens (primary N) is 2. The lowest BCUT2D eigenvalue weighted by Crippen LogP contribution is -2.60. The Hall–Kier alpha value is -3.93. The predicted octanol–water partition coefficient (Wildman–Crippen LogP) is 0.544. The van der Waals surface area contributed by atoms with Crippen LogP contribution in [0.4, 0.5) is 0 Å². The topological polar surface area (TPSA) is 209 Å². The molecule has 9 N–H and O–H groups in total. The Morgan fingerprint density at radius 2 is 1.56 bits per heavy atom. The first kappa shape index (κ1) is 31.3. The third kappa shape index (κ3) is 8.81. The van der Waals surface area contributed by atoms with Crippen molar-refractivity contribution in [2.24, 2.45) is 23.3 Å². The number of carbonyl (C=O) groups is 5. The Labute approximate surface area is 227 Å². The summed E-state index contributed by atoms with van der Waals surface area (Å²) in [4.78, 5) is 65.1. The molecule has 5 atom stereocenters. The lowest BCUT2D eigenvalue weighted by molar-refractivity contribution is -0.143. The van der Waals surface area contributed by atoms with Crippen LogP contribution >= 0.6 is 0 Å². The first-order chi connectivity index (χ1) is 18.3. The fourth-order valence-corrected chi connectivity index (χ4v) is 4.18. The number of rotatable bonds is 15. The number of carboxylic acid groups (broad SMARTS) is 1. The molecule has 4 amide bonds. The van der Waals surface area contributed by atoms with E-state index in [0.29, 0.717) is 6.42 Å². The average molecular weight is 545 g/mol. The van der Waals surface area contributed by atoms with E-state index in [-0.39, 0.29) is 31.1 Å². The largest absolute Gasteiger partial charge is 0.480 e. The van der Waals surface area contributed by atoms with Crippen molar-refractivity contribution in [1.82, 2.24) is 20.9 Å². The minimum absolute atomic E-state index is 0.184.